The standard InChI is InChI=1S/C44H48N6O5S2/c1-47(2)24-23-36(31-56-38-14-7-4-8-15-38)45-41-21-20-39(28-43(41)50(52)53)57(54,55)46-44(51)34-18-22-42-33(27-34)17-19-37-30-48(25-26-49(37)42)29-35-13-9-10-16-40(35)32-11-5-3-6-12-32/h3-16,18,20-22,27-28,36-37,45H,17,19,23-26,29-31H2,1-2H3,(H,46,51)/t36-,37-/m1/s1. The minimum Gasteiger partial charge on any atom is -0.376 e. The number of hydrogen-bond acceptors (Lipinski definition) is 10. The molecule has 296 valence electrons. The first-order valence-electron chi connectivity index (χ1n) is 19.2. The molecule has 2 heterocycles. The molecular formula is C44H48N6O5S2. The molecule has 0 unspecified atom stereocenters. The predicted molar refractivity (Wildman–Crippen MR) is 229 cm³/mol. The van der Waals surface area contributed by atoms with Gasteiger partial charge >= 0.3 is 0 Å². The Labute approximate surface area is 339 Å². The van der Waals surface area contributed by atoms with Crippen LogP contribution in [0.1, 0.15) is 34.3 Å². The molecule has 0 radical (unpaired) electrons. The first-order valence-corrected chi connectivity index (χ1v) is 21.7. The van der Waals surface area contributed by atoms with Crippen molar-refractivity contribution < 1.29 is 18.1 Å². The van der Waals surface area contributed by atoms with Crippen molar-refractivity contribution in [2.75, 3.05) is 56.2 Å². The number of rotatable bonds is 15. The number of benzene rings is 5. The Hall–Kier alpha value is -5.21. The third-order valence-corrected chi connectivity index (χ3v) is 13.1. The predicted octanol–water partition coefficient (Wildman–Crippen LogP) is 7.54. The molecule has 7 rings (SSSR count). The van der Waals surface area contributed by atoms with E-state index in [0.717, 1.165) is 67.8 Å². The van der Waals surface area contributed by atoms with Gasteiger partial charge in [-0.05, 0) is 105 Å². The fraction of sp³-hybridized carbons (Fsp3) is 0.295. The lowest BCUT2D eigenvalue weighted by molar-refractivity contribution is -0.384. The van der Waals surface area contributed by atoms with Crippen LogP contribution in [-0.4, -0.2) is 87.2 Å². The molecule has 1 fully saturated rings. The number of hydrogen-bond donors (Lipinski definition) is 2. The van der Waals surface area contributed by atoms with Gasteiger partial charge in [0.25, 0.3) is 21.6 Å². The van der Waals surface area contributed by atoms with E-state index in [9.17, 15) is 23.3 Å². The highest BCUT2D eigenvalue weighted by Gasteiger charge is 2.33. The Morgan fingerprint density at radius 1 is 0.930 bits per heavy atom. The van der Waals surface area contributed by atoms with Gasteiger partial charge in [-0.3, -0.25) is 19.8 Å². The third kappa shape index (κ3) is 9.85. The Morgan fingerprint density at radius 3 is 2.42 bits per heavy atom. The first kappa shape index (κ1) is 40.0. The monoisotopic (exact) mass is 804 g/mol. The van der Waals surface area contributed by atoms with E-state index in [1.807, 2.05) is 61.5 Å². The number of nitrogens with zero attached hydrogens (tertiary/aromatic N) is 4. The number of anilines is 2. The van der Waals surface area contributed by atoms with Crippen LogP contribution < -0.4 is 14.9 Å². The largest absolute Gasteiger partial charge is 0.376 e. The number of carbonyl (C=O) groups excluding carboxylic acids is 1. The summed E-state index contributed by atoms with van der Waals surface area (Å²) in [6, 6.07) is 38.2. The molecule has 2 aliphatic rings. The number of sulfonamides is 1. The van der Waals surface area contributed by atoms with Crippen LogP contribution in [0, 0.1) is 10.1 Å². The van der Waals surface area contributed by atoms with Crippen LogP contribution in [0.25, 0.3) is 11.1 Å². The molecule has 1 amide bonds. The summed E-state index contributed by atoms with van der Waals surface area (Å²) in [7, 11) is -0.497. The molecule has 2 N–H and O–H groups in total. The lowest BCUT2D eigenvalue weighted by Crippen LogP contribution is -2.54. The second kappa shape index (κ2) is 17.9. The molecular weight excluding hydrogens is 757 g/mol. The zero-order chi connectivity index (χ0) is 39.9. The molecule has 0 saturated carbocycles. The summed E-state index contributed by atoms with van der Waals surface area (Å²) in [5, 5.41) is 15.5. The van der Waals surface area contributed by atoms with Crippen LogP contribution in [0.15, 0.2) is 131 Å². The van der Waals surface area contributed by atoms with Crippen molar-refractivity contribution in [3.63, 3.8) is 0 Å². The zero-order valence-electron chi connectivity index (χ0n) is 32.2. The lowest BCUT2D eigenvalue weighted by atomic mass is 9.92. The molecule has 0 spiro atoms. The average Bonchev–Trinajstić information content (AvgIpc) is 3.22. The maximum Gasteiger partial charge on any atom is 0.293 e. The number of aryl methyl sites for hydroxylation is 1. The molecule has 0 aliphatic carbocycles. The van der Waals surface area contributed by atoms with Crippen LogP contribution in [0.2, 0.25) is 0 Å². The minimum atomic E-state index is -4.43. The Balaban J connectivity index is 1.00. The van der Waals surface area contributed by atoms with Gasteiger partial charge in [-0.25, -0.2) is 13.1 Å². The fourth-order valence-corrected chi connectivity index (χ4v) is 9.68. The molecule has 2 aliphatic heterocycles. The Bertz CT molecular complexity index is 2310. The van der Waals surface area contributed by atoms with E-state index in [1.54, 1.807) is 23.9 Å². The highest BCUT2D eigenvalue weighted by molar-refractivity contribution is 7.99. The summed E-state index contributed by atoms with van der Waals surface area (Å²) < 4.78 is 29.2. The molecule has 11 nitrogen and oxygen atoms in total. The third-order valence-electron chi connectivity index (χ3n) is 10.6. The van der Waals surface area contributed by atoms with Gasteiger partial charge in [0, 0.05) is 66.2 Å². The van der Waals surface area contributed by atoms with E-state index in [2.05, 4.69) is 68.4 Å². The summed E-state index contributed by atoms with van der Waals surface area (Å²) in [4.78, 5) is 32.8. The fourth-order valence-electron chi connectivity index (χ4n) is 7.69. The second-order valence-electron chi connectivity index (χ2n) is 14.9. The van der Waals surface area contributed by atoms with Crippen LogP contribution in [-0.2, 0) is 23.0 Å². The van der Waals surface area contributed by atoms with Crippen molar-refractivity contribution in [3.8, 4) is 11.1 Å². The normalized spacial score (nSPS) is 16.1. The smallest absolute Gasteiger partial charge is 0.293 e. The SMILES string of the molecule is CN(C)CC[C@H](CSc1ccccc1)Nc1ccc(S(=O)(=O)NC(=O)c2ccc3c(c2)CC[C@@H]2CN(Cc4ccccc4-c4ccccc4)CCN32)cc1[N+](=O)[O-]. The molecule has 0 bridgehead atoms. The van der Waals surface area contributed by atoms with Gasteiger partial charge in [-0.2, -0.15) is 0 Å². The van der Waals surface area contributed by atoms with Gasteiger partial charge < -0.3 is 15.1 Å². The van der Waals surface area contributed by atoms with Crippen molar-refractivity contribution in [2.24, 2.45) is 0 Å². The molecule has 5 aromatic rings. The van der Waals surface area contributed by atoms with Crippen molar-refractivity contribution in [1.29, 1.82) is 0 Å². The maximum absolute atomic E-state index is 13.5. The summed E-state index contributed by atoms with van der Waals surface area (Å²) in [5.74, 6) is -0.138. The minimum absolute atomic E-state index is 0.135. The molecule has 0 aromatic heterocycles. The second-order valence-corrected chi connectivity index (χ2v) is 17.7. The average molecular weight is 805 g/mol. The van der Waals surface area contributed by atoms with Gasteiger partial charge in [0.15, 0.2) is 0 Å². The van der Waals surface area contributed by atoms with Crippen molar-refractivity contribution in [3.05, 3.63) is 148 Å². The van der Waals surface area contributed by atoms with E-state index in [1.165, 1.54) is 28.8 Å². The van der Waals surface area contributed by atoms with Gasteiger partial charge in [0.1, 0.15) is 5.69 Å². The number of nitro groups is 1. The van der Waals surface area contributed by atoms with Gasteiger partial charge in [-0.15, -0.1) is 11.8 Å². The van der Waals surface area contributed by atoms with Crippen LogP contribution in [0.3, 0.4) is 0 Å². The number of nitrogens with one attached hydrogen (secondary N) is 2. The number of piperazine rings is 1. The van der Waals surface area contributed by atoms with Gasteiger partial charge in [0.2, 0.25) is 0 Å². The topological polar surface area (TPSA) is 128 Å². The summed E-state index contributed by atoms with van der Waals surface area (Å²) in [6.45, 7) is 4.28. The molecule has 1 saturated heterocycles. The van der Waals surface area contributed by atoms with Gasteiger partial charge in [-0.1, -0.05) is 72.8 Å². The van der Waals surface area contributed by atoms with Crippen LogP contribution in [0.4, 0.5) is 17.1 Å². The van der Waals surface area contributed by atoms with E-state index in [4.69, 9.17) is 0 Å². The quantitative estimate of drug-likeness (QED) is 0.0623. The van der Waals surface area contributed by atoms with E-state index in [-0.39, 0.29) is 27.9 Å². The molecule has 2 atom stereocenters. The Morgan fingerprint density at radius 2 is 1.67 bits per heavy atom. The van der Waals surface area contributed by atoms with Crippen LogP contribution >= 0.6 is 11.8 Å². The van der Waals surface area contributed by atoms with E-state index < -0.39 is 20.9 Å². The first-order chi connectivity index (χ1) is 27.5. The highest BCUT2D eigenvalue weighted by atomic mass is 32.2. The highest BCUT2D eigenvalue weighted by Crippen LogP contribution is 2.35. The van der Waals surface area contributed by atoms with Crippen molar-refractivity contribution in [1.82, 2.24) is 14.5 Å². The Kier molecular flexibility index (Phi) is 12.6. The lowest BCUT2D eigenvalue weighted by Gasteiger charge is -2.46. The van der Waals surface area contributed by atoms with Crippen molar-refractivity contribution >= 4 is 44.8 Å². The van der Waals surface area contributed by atoms with Gasteiger partial charge in [0.05, 0.1) is 9.82 Å². The summed E-state index contributed by atoms with van der Waals surface area (Å²) in [5.41, 5.74) is 5.90. The maximum atomic E-state index is 13.5. The van der Waals surface area contributed by atoms with E-state index >= 15 is 0 Å². The molecule has 57 heavy (non-hydrogen) atoms. The molecule has 5 aromatic carbocycles. The van der Waals surface area contributed by atoms with Crippen LogP contribution in [0.5, 0.6) is 0 Å². The number of nitro benzene ring substituents is 1. The summed E-state index contributed by atoms with van der Waals surface area (Å²) in [6.07, 6.45) is 2.39. The van der Waals surface area contributed by atoms with Crippen molar-refractivity contribution in [2.45, 2.75) is 47.7 Å². The zero-order valence-corrected chi connectivity index (χ0v) is 33.8. The molecule has 13 heteroatoms. The van der Waals surface area contributed by atoms with E-state index in [0.29, 0.717) is 18.2 Å². The number of amides is 1. The number of thioether (sulfide) groups is 1. The number of fused-ring (bicyclic) bond motifs is 3. The number of carbonyl (C=O) groups is 1. The summed E-state index contributed by atoms with van der Waals surface area (Å²) >= 11 is 1.64.